The molecule has 2 aromatic heterocycles. The number of H-pyrrole nitrogens is 2. The van der Waals surface area contributed by atoms with Crippen molar-refractivity contribution in [3.05, 3.63) is 196 Å². The normalized spacial score (nSPS) is 19.9. The fourth-order valence-electron chi connectivity index (χ4n) is 7.95. The number of benzene rings is 4. The standard InChI is InChI=1S/C44H30Cl2N4O12S4/c45-43-24-23-38(50-43)42(27-5-13-31(14-6-27)65(57,58)59)36-20-19-34(48-36)40(25-1-9-29(10-2-25)63(51,52)53)33-17-18-35(47-33)41(26-3-11-30(12-4-26)64(54,55)56)37-21-22-39(49-37)44(43,46)28-7-15-32(16-8-28)66(60,61)62/h1-24,48-49H,(H,51,52,53)(H,54,55,56)(H,57,58,59)(H,60,61,62). The molecule has 0 saturated carbocycles. The van der Waals surface area contributed by atoms with Crippen molar-refractivity contribution >= 4 is 91.8 Å². The Balaban J connectivity index is 1.40. The monoisotopic (exact) mass is 1000 g/mol. The highest BCUT2D eigenvalue weighted by Crippen LogP contribution is 2.53. The molecule has 0 aliphatic carbocycles. The lowest BCUT2D eigenvalue weighted by atomic mass is 9.87. The maximum Gasteiger partial charge on any atom is 0.294 e. The van der Waals surface area contributed by atoms with E-state index in [0.29, 0.717) is 61.2 Å². The first-order valence-electron chi connectivity index (χ1n) is 19.1. The maximum absolute atomic E-state index is 12.1. The number of aromatic nitrogens is 2. The summed E-state index contributed by atoms with van der Waals surface area (Å²) >= 11 is 15.4. The average molecular weight is 1010 g/mol. The third-order valence-electron chi connectivity index (χ3n) is 11.1. The number of aliphatic imine (C=N–C) groups is 2. The Bertz CT molecular complexity index is 3810. The lowest BCUT2D eigenvalue weighted by Crippen LogP contribution is -2.41. The summed E-state index contributed by atoms with van der Waals surface area (Å²) in [6.07, 6.45) is 6.48. The fraction of sp³-hybridized carbons (Fsp3) is 0.0455. The minimum atomic E-state index is -4.64. The van der Waals surface area contributed by atoms with Gasteiger partial charge in [-0.25, -0.2) is 4.99 Å². The molecule has 0 amide bonds. The second-order valence-corrected chi connectivity index (χ2v) is 21.9. The van der Waals surface area contributed by atoms with E-state index in [1.165, 1.54) is 91.0 Å². The summed E-state index contributed by atoms with van der Waals surface area (Å²) in [4.78, 5) is 11.4. The lowest BCUT2D eigenvalue weighted by Gasteiger charge is -2.37. The molecule has 16 nitrogen and oxygen atoms in total. The Labute approximate surface area is 386 Å². The van der Waals surface area contributed by atoms with E-state index in [0.717, 1.165) is 12.1 Å². The van der Waals surface area contributed by atoms with Crippen LogP contribution in [0.3, 0.4) is 0 Å². The van der Waals surface area contributed by atoms with Crippen molar-refractivity contribution in [3.63, 3.8) is 0 Å². The number of nitrogens with zero attached hydrogens (tertiary/aromatic N) is 2. The molecule has 22 heteroatoms. The molecule has 0 saturated heterocycles. The molecule has 4 aromatic carbocycles. The van der Waals surface area contributed by atoms with Crippen LogP contribution in [-0.2, 0) is 45.3 Å². The molecular weight excluding hydrogens is 976 g/mol. The Morgan fingerprint density at radius 2 is 0.879 bits per heavy atom. The quantitative estimate of drug-likeness (QED) is 0.0614. The molecule has 2 atom stereocenters. The summed E-state index contributed by atoms with van der Waals surface area (Å²) in [5.74, 6) is 0. The molecule has 6 aromatic rings. The van der Waals surface area contributed by atoms with Crippen molar-refractivity contribution < 1.29 is 51.9 Å². The van der Waals surface area contributed by atoms with Crippen LogP contribution < -0.4 is 10.7 Å². The van der Waals surface area contributed by atoms with Gasteiger partial charge in [-0.05, 0) is 119 Å². The smallest absolute Gasteiger partial charge is 0.294 e. The number of alkyl halides is 2. The van der Waals surface area contributed by atoms with E-state index in [4.69, 9.17) is 33.2 Å². The van der Waals surface area contributed by atoms with Gasteiger partial charge in [-0.3, -0.25) is 23.2 Å². The third-order valence-corrected chi connectivity index (χ3v) is 15.8. The number of aromatic amines is 2. The molecule has 5 heterocycles. The van der Waals surface area contributed by atoms with Crippen molar-refractivity contribution in [2.75, 3.05) is 0 Å². The van der Waals surface area contributed by atoms with Crippen molar-refractivity contribution in [2.24, 2.45) is 9.98 Å². The number of fused-ring (bicyclic) bond motifs is 6. The van der Waals surface area contributed by atoms with Crippen LogP contribution in [0.4, 0.5) is 0 Å². The zero-order valence-corrected chi connectivity index (χ0v) is 38.0. The van der Waals surface area contributed by atoms with Gasteiger partial charge in [-0.15, -0.1) is 11.6 Å². The molecule has 9 rings (SSSR count). The predicted octanol–water partition coefficient (Wildman–Crippen LogP) is 5.64. The van der Waals surface area contributed by atoms with Crippen LogP contribution >= 0.6 is 23.2 Å². The van der Waals surface area contributed by atoms with E-state index in [1.54, 1.807) is 42.5 Å². The van der Waals surface area contributed by atoms with Crippen molar-refractivity contribution in [3.8, 4) is 0 Å². The Morgan fingerprint density at radius 1 is 0.455 bits per heavy atom. The molecule has 66 heavy (non-hydrogen) atoms. The molecule has 0 spiro atoms. The van der Waals surface area contributed by atoms with Gasteiger partial charge in [0.05, 0.1) is 36.7 Å². The van der Waals surface area contributed by atoms with Crippen LogP contribution in [0.1, 0.15) is 33.6 Å². The Kier molecular flexibility index (Phi) is 10.8. The average Bonchev–Trinajstić information content (AvgIpc) is 4.10. The number of halogens is 2. The van der Waals surface area contributed by atoms with Gasteiger partial charge >= 0.3 is 0 Å². The largest absolute Gasteiger partial charge is 0.356 e. The highest BCUT2D eigenvalue weighted by molar-refractivity contribution is 7.86. The van der Waals surface area contributed by atoms with Crippen LogP contribution in [0.5, 0.6) is 0 Å². The van der Waals surface area contributed by atoms with Crippen LogP contribution in [0.15, 0.2) is 181 Å². The molecule has 3 aliphatic rings. The number of nitrogens with one attached hydrogen (secondary N) is 2. The van der Waals surface area contributed by atoms with E-state index < -0.39 is 55.2 Å². The molecule has 2 unspecified atom stereocenters. The summed E-state index contributed by atoms with van der Waals surface area (Å²) < 4.78 is 136. The topological polar surface area (TPSA) is 274 Å². The lowest BCUT2D eigenvalue weighted by molar-refractivity contribution is 0.480. The van der Waals surface area contributed by atoms with E-state index in [9.17, 15) is 51.9 Å². The summed E-state index contributed by atoms with van der Waals surface area (Å²) in [7, 11) is -18.4. The molecule has 336 valence electrons. The van der Waals surface area contributed by atoms with Crippen LogP contribution in [-0.4, -0.2) is 78.3 Å². The third kappa shape index (κ3) is 8.04. The second kappa shape index (κ2) is 15.8. The highest BCUT2D eigenvalue weighted by atomic mass is 35.5. The highest BCUT2D eigenvalue weighted by Gasteiger charge is 2.54. The molecule has 3 aliphatic heterocycles. The predicted molar refractivity (Wildman–Crippen MR) is 245 cm³/mol. The SMILES string of the molecule is O=S(=O)(O)c1ccc(C2=C3C=CC(=N3)C(c3ccc(S(=O)(=O)O)cc3)=c3ccc([nH]3)=C(c3ccc(S(=O)(=O)O)cc3)C3=NC(Cl)(C=C3)C(Cl)(c3ccc(S(=O)(=O)O)cc3)c3ccc2[nH]3)cc1. The molecule has 0 radical (unpaired) electrons. The summed E-state index contributed by atoms with van der Waals surface area (Å²) in [5, 5.41) is 0.825. The van der Waals surface area contributed by atoms with Crippen molar-refractivity contribution in [1.29, 1.82) is 0 Å². The molecule has 0 fully saturated rings. The maximum atomic E-state index is 12.1. The first-order chi connectivity index (χ1) is 30.9. The van der Waals surface area contributed by atoms with Crippen molar-refractivity contribution in [1.82, 2.24) is 9.97 Å². The number of rotatable bonds is 8. The zero-order valence-electron chi connectivity index (χ0n) is 33.2. The van der Waals surface area contributed by atoms with Gasteiger partial charge in [-0.1, -0.05) is 60.1 Å². The summed E-state index contributed by atoms with van der Waals surface area (Å²) in [6, 6.07) is 27.7. The van der Waals surface area contributed by atoms with E-state index >= 15 is 0 Å². The first-order valence-corrected chi connectivity index (χ1v) is 25.6. The zero-order chi connectivity index (χ0) is 47.2. The fourth-order valence-corrected chi connectivity index (χ4v) is 10.6. The van der Waals surface area contributed by atoms with Crippen LogP contribution in [0, 0.1) is 0 Å². The minimum Gasteiger partial charge on any atom is -0.356 e. The Hall–Kier alpha value is -6.04. The van der Waals surface area contributed by atoms with Gasteiger partial charge in [0.2, 0.25) is 0 Å². The second-order valence-electron chi connectivity index (χ2n) is 15.1. The number of allylic oxidation sites excluding steroid dienone is 3. The van der Waals surface area contributed by atoms with Gasteiger partial charge in [0.25, 0.3) is 40.5 Å². The summed E-state index contributed by atoms with van der Waals surface area (Å²) in [6.45, 7) is 0. The van der Waals surface area contributed by atoms with Crippen molar-refractivity contribution in [2.45, 2.75) is 29.5 Å². The van der Waals surface area contributed by atoms with E-state index in [-0.39, 0.29) is 31.7 Å². The van der Waals surface area contributed by atoms with Gasteiger partial charge < -0.3 is 9.97 Å². The van der Waals surface area contributed by atoms with E-state index in [2.05, 4.69) is 9.97 Å². The van der Waals surface area contributed by atoms with Gasteiger partial charge in [0.1, 0.15) is 0 Å². The summed E-state index contributed by atoms with van der Waals surface area (Å²) in [5.41, 5.74) is 4.15. The molecule has 6 N–H and O–H groups in total. The van der Waals surface area contributed by atoms with Gasteiger partial charge in [0, 0.05) is 38.8 Å². The van der Waals surface area contributed by atoms with Gasteiger partial charge in [-0.2, -0.15) is 33.7 Å². The molecular formula is C44H30Cl2N4O12S4. The van der Waals surface area contributed by atoms with Crippen LogP contribution in [0.25, 0.3) is 16.7 Å². The van der Waals surface area contributed by atoms with E-state index in [1.807, 2.05) is 0 Å². The number of hydrogen-bond acceptors (Lipinski definition) is 10. The minimum absolute atomic E-state index is 0.210. The first kappa shape index (κ1) is 45.1. The van der Waals surface area contributed by atoms with Gasteiger partial charge in [0.15, 0.2) is 9.87 Å². The Morgan fingerprint density at radius 3 is 1.33 bits per heavy atom. The van der Waals surface area contributed by atoms with Crippen LogP contribution in [0.2, 0.25) is 0 Å². The molecule has 8 bridgehead atoms. The number of hydrogen-bond donors (Lipinski definition) is 6.